The highest BCUT2D eigenvalue weighted by molar-refractivity contribution is 6.06. The van der Waals surface area contributed by atoms with Crippen LogP contribution in [0.25, 0.3) is 0 Å². The normalized spacial score (nSPS) is 23.6. The first-order valence-electron chi connectivity index (χ1n) is 8.89. The first-order chi connectivity index (χ1) is 11.9. The monoisotopic (exact) mass is 340 g/mol. The molecule has 1 aliphatic carbocycles. The van der Waals surface area contributed by atoms with Crippen LogP contribution in [0.4, 0.5) is 4.39 Å². The molecule has 1 aliphatic heterocycles. The molecular weight excluding hydrogens is 315 g/mol. The Bertz CT molecular complexity index is 802. The quantitative estimate of drug-likeness (QED) is 0.710. The summed E-state index contributed by atoms with van der Waals surface area (Å²) in [5.74, 6) is -0.350. The van der Waals surface area contributed by atoms with Gasteiger partial charge in [-0.1, -0.05) is 42.8 Å². The van der Waals surface area contributed by atoms with Gasteiger partial charge in [-0.05, 0) is 44.2 Å². The third-order valence-electron chi connectivity index (χ3n) is 5.34. The average molecular weight is 340 g/mol. The van der Waals surface area contributed by atoms with Gasteiger partial charge in [-0.15, -0.1) is 0 Å². The van der Waals surface area contributed by atoms with Gasteiger partial charge in [0.1, 0.15) is 5.83 Å². The molecular formula is C21H25FN2O. The maximum atomic E-state index is 14.3. The van der Waals surface area contributed by atoms with E-state index in [2.05, 4.69) is 17.2 Å². The number of amides is 1. The van der Waals surface area contributed by atoms with E-state index in [1.165, 1.54) is 19.4 Å². The average Bonchev–Trinajstić information content (AvgIpc) is 3.15. The number of carbonyl (C=O) groups excluding carboxylic acids is 1. The van der Waals surface area contributed by atoms with Gasteiger partial charge in [-0.25, -0.2) is 9.40 Å². The highest BCUT2D eigenvalue weighted by Gasteiger charge is 2.50. The van der Waals surface area contributed by atoms with Crippen LogP contribution >= 0.6 is 0 Å². The minimum atomic E-state index is -0.466. The lowest BCUT2D eigenvalue weighted by atomic mass is 9.84. The zero-order chi connectivity index (χ0) is 18.2. The SMILES string of the molecule is CC/C(C)=C\C(C1=NN(C(C)=O)C2(CCc3ccccc32)C1)=C(/C)F. The highest BCUT2D eigenvalue weighted by Crippen LogP contribution is 2.48. The molecule has 4 heteroatoms. The Labute approximate surface area is 148 Å². The number of aryl methyl sites for hydroxylation is 1. The molecule has 0 bridgehead atoms. The van der Waals surface area contributed by atoms with Crippen LogP contribution in [0.1, 0.15) is 58.1 Å². The molecule has 1 spiro atoms. The number of carbonyl (C=O) groups is 1. The Kier molecular flexibility index (Phi) is 4.63. The molecule has 0 saturated heterocycles. The van der Waals surface area contributed by atoms with Crippen molar-refractivity contribution in [3.05, 3.63) is 58.4 Å². The summed E-state index contributed by atoms with van der Waals surface area (Å²) in [6.07, 6.45) is 5.03. The molecule has 1 amide bonds. The molecule has 25 heavy (non-hydrogen) atoms. The third kappa shape index (κ3) is 2.94. The minimum absolute atomic E-state index is 0.0984. The summed E-state index contributed by atoms with van der Waals surface area (Å²) in [6.45, 7) is 7.03. The molecule has 1 heterocycles. The molecule has 132 valence electrons. The molecule has 0 aromatic heterocycles. The van der Waals surface area contributed by atoms with Crippen molar-refractivity contribution in [2.75, 3.05) is 0 Å². The number of rotatable bonds is 3. The molecule has 1 unspecified atom stereocenters. The molecule has 1 aromatic rings. The maximum Gasteiger partial charge on any atom is 0.240 e. The molecule has 0 radical (unpaired) electrons. The summed E-state index contributed by atoms with van der Waals surface area (Å²) in [4.78, 5) is 12.3. The van der Waals surface area contributed by atoms with Crippen molar-refractivity contribution >= 4 is 11.6 Å². The fourth-order valence-electron chi connectivity index (χ4n) is 3.93. The van der Waals surface area contributed by atoms with Gasteiger partial charge in [0, 0.05) is 18.9 Å². The van der Waals surface area contributed by atoms with E-state index in [9.17, 15) is 9.18 Å². The topological polar surface area (TPSA) is 32.7 Å². The lowest BCUT2D eigenvalue weighted by Gasteiger charge is -2.32. The molecule has 3 rings (SSSR count). The highest BCUT2D eigenvalue weighted by atomic mass is 19.1. The van der Waals surface area contributed by atoms with Crippen molar-refractivity contribution < 1.29 is 9.18 Å². The predicted molar refractivity (Wildman–Crippen MR) is 98.9 cm³/mol. The van der Waals surface area contributed by atoms with Crippen LogP contribution in [0.2, 0.25) is 0 Å². The number of benzene rings is 1. The van der Waals surface area contributed by atoms with Gasteiger partial charge >= 0.3 is 0 Å². The number of allylic oxidation sites excluding steroid dienone is 4. The second kappa shape index (κ2) is 6.58. The van der Waals surface area contributed by atoms with E-state index in [1.807, 2.05) is 32.1 Å². The maximum absolute atomic E-state index is 14.3. The molecule has 3 nitrogen and oxygen atoms in total. The summed E-state index contributed by atoms with van der Waals surface area (Å²) in [6, 6.07) is 8.21. The second-order valence-corrected chi connectivity index (χ2v) is 7.03. The van der Waals surface area contributed by atoms with Crippen LogP contribution in [0.15, 0.2) is 52.4 Å². The van der Waals surface area contributed by atoms with E-state index in [-0.39, 0.29) is 11.7 Å². The zero-order valence-electron chi connectivity index (χ0n) is 15.4. The Balaban J connectivity index is 2.08. The Morgan fingerprint density at radius 1 is 1.32 bits per heavy atom. The second-order valence-electron chi connectivity index (χ2n) is 7.03. The molecule has 1 atom stereocenters. The van der Waals surface area contributed by atoms with E-state index in [0.717, 1.165) is 30.4 Å². The van der Waals surface area contributed by atoms with Crippen LogP contribution in [-0.2, 0) is 16.8 Å². The fourth-order valence-corrected chi connectivity index (χ4v) is 3.93. The predicted octanol–water partition coefficient (Wildman–Crippen LogP) is 5.04. The van der Waals surface area contributed by atoms with Crippen LogP contribution in [0, 0.1) is 0 Å². The number of fused-ring (bicyclic) bond motifs is 2. The van der Waals surface area contributed by atoms with E-state index < -0.39 is 5.54 Å². The van der Waals surface area contributed by atoms with Crippen molar-refractivity contribution in [1.29, 1.82) is 0 Å². The Hall–Kier alpha value is -2.23. The first-order valence-corrected chi connectivity index (χ1v) is 8.89. The van der Waals surface area contributed by atoms with Crippen LogP contribution in [0.5, 0.6) is 0 Å². The summed E-state index contributed by atoms with van der Waals surface area (Å²) >= 11 is 0. The van der Waals surface area contributed by atoms with Gasteiger partial charge in [-0.3, -0.25) is 4.79 Å². The lowest BCUT2D eigenvalue weighted by molar-refractivity contribution is -0.134. The van der Waals surface area contributed by atoms with E-state index >= 15 is 0 Å². The van der Waals surface area contributed by atoms with Crippen molar-refractivity contribution in [2.24, 2.45) is 5.10 Å². The largest absolute Gasteiger partial charge is 0.273 e. The van der Waals surface area contributed by atoms with E-state index in [0.29, 0.717) is 17.7 Å². The zero-order valence-corrected chi connectivity index (χ0v) is 15.4. The summed E-state index contributed by atoms with van der Waals surface area (Å²) in [5.41, 5.74) is 4.22. The summed E-state index contributed by atoms with van der Waals surface area (Å²) in [7, 11) is 0. The standard InChI is InChI=1S/C21H25FN2O/c1-5-14(2)12-18(15(3)22)20-13-21(24(23-20)16(4)25)11-10-17-8-6-7-9-19(17)21/h6-9,12H,5,10-11,13H2,1-4H3/b14-12-,18-15-. The number of nitrogens with zero attached hydrogens (tertiary/aromatic N) is 2. The van der Waals surface area contributed by atoms with Crippen LogP contribution < -0.4 is 0 Å². The van der Waals surface area contributed by atoms with Gasteiger partial charge in [0.25, 0.3) is 0 Å². The Morgan fingerprint density at radius 2 is 2.04 bits per heavy atom. The van der Waals surface area contributed by atoms with Crippen molar-refractivity contribution in [2.45, 2.75) is 58.9 Å². The third-order valence-corrected chi connectivity index (χ3v) is 5.34. The van der Waals surface area contributed by atoms with Crippen molar-refractivity contribution in [1.82, 2.24) is 5.01 Å². The van der Waals surface area contributed by atoms with Crippen molar-refractivity contribution in [3.63, 3.8) is 0 Å². The fraction of sp³-hybridized carbons (Fsp3) is 0.429. The molecule has 0 N–H and O–H groups in total. The number of hydrogen-bond acceptors (Lipinski definition) is 2. The van der Waals surface area contributed by atoms with Crippen LogP contribution in [-0.4, -0.2) is 16.6 Å². The molecule has 2 aliphatic rings. The van der Waals surface area contributed by atoms with Gasteiger partial charge in [0.15, 0.2) is 0 Å². The smallest absolute Gasteiger partial charge is 0.240 e. The number of hydrogen-bond donors (Lipinski definition) is 0. The molecule has 1 aromatic carbocycles. The lowest BCUT2D eigenvalue weighted by Crippen LogP contribution is -2.40. The summed E-state index contributed by atoms with van der Waals surface area (Å²) < 4.78 is 14.3. The first kappa shape index (κ1) is 17.6. The molecule has 0 saturated carbocycles. The summed E-state index contributed by atoms with van der Waals surface area (Å²) in [5, 5.41) is 6.18. The van der Waals surface area contributed by atoms with Crippen molar-refractivity contribution in [3.8, 4) is 0 Å². The van der Waals surface area contributed by atoms with Gasteiger partial charge in [0.2, 0.25) is 5.91 Å². The van der Waals surface area contributed by atoms with Gasteiger partial charge < -0.3 is 0 Å². The van der Waals surface area contributed by atoms with Crippen LogP contribution in [0.3, 0.4) is 0 Å². The number of halogens is 1. The van der Waals surface area contributed by atoms with Gasteiger partial charge in [-0.2, -0.15) is 5.10 Å². The van der Waals surface area contributed by atoms with E-state index in [4.69, 9.17) is 0 Å². The Morgan fingerprint density at radius 3 is 2.68 bits per heavy atom. The number of hydrazone groups is 1. The minimum Gasteiger partial charge on any atom is -0.273 e. The van der Waals surface area contributed by atoms with E-state index in [1.54, 1.807) is 5.01 Å². The molecule has 0 fully saturated rings. The van der Waals surface area contributed by atoms with Gasteiger partial charge in [0.05, 0.1) is 11.3 Å².